The van der Waals surface area contributed by atoms with E-state index in [4.69, 9.17) is 0 Å². The molecule has 1 unspecified atom stereocenters. The van der Waals surface area contributed by atoms with Gasteiger partial charge in [-0.25, -0.2) is 8.42 Å². The van der Waals surface area contributed by atoms with E-state index in [0.717, 1.165) is 11.1 Å². The summed E-state index contributed by atoms with van der Waals surface area (Å²) in [4.78, 5) is 12.3. The average molecular weight is 281 g/mol. The average Bonchev–Trinajstić information content (AvgIpc) is 2.31. The zero-order valence-electron chi connectivity index (χ0n) is 11.3. The van der Waals surface area contributed by atoms with Gasteiger partial charge in [-0.15, -0.1) is 0 Å². The quantitative estimate of drug-likeness (QED) is 0.847. The highest BCUT2D eigenvalue weighted by Crippen LogP contribution is 2.16. The fourth-order valence-electron chi connectivity index (χ4n) is 2.39. The van der Waals surface area contributed by atoms with Gasteiger partial charge in [0, 0.05) is 24.6 Å². The minimum Gasteiger partial charge on any atom is -0.312 e. The maximum absolute atomic E-state index is 12.3. The molecule has 1 aromatic carbocycles. The normalized spacial score (nSPS) is 22.1. The molecule has 1 aromatic rings. The maximum Gasteiger partial charge on any atom is 0.164 e. The van der Waals surface area contributed by atoms with E-state index in [9.17, 15) is 13.2 Å². The number of nitrogens with one attached hydrogen (secondary N) is 1. The number of carbonyl (C=O) groups excluding carboxylic acids is 1. The van der Waals surface area contributed by atoms with E-state index in [-0.39, 0.29) is 29.8 Å². The molecule has 1 fully saturated rings. The van der Waals surface area contributed by atoms with E-state index < -0.39 is 9.84 Å². The van der Waals surface area contributed by atoms with E-state index in [0.29, 0.717) is 12.1 Å². The lowest BCUT2D eigenvalue weighted by Gasteiger charge is -2.23. The highest BCUT2D eigenvalue weighted by Gasteiger charge is 2.26. The number of aryl methyl sites for hydroxylation is 1. The highest BCUT2D eigenvalue weighted by atomic mass is 32.2. The fourth-order valence-corrected chi connectivity index (χ4v) is 3.83. The van der Waals surface area contributed by atoms with Crippen molar-refractivity contribution in [1.29, 1.82) is 0 Å². The Balaban J connectivity index is 2.11. The summed E-state index contributed by atoms with van der Waals surface area (Å²) >= 11 is 0. The molecule has 19 heavy (non-hydrogen) atoms. The molecule has 0 bridgehead atoms. The summed E-state index contributed by atoms with van der Waals surface area (Å²) in [7, 11) is -2.99. The molecule has 1 atom stereocenters. The smallest absolute Gasteiger partial charge is 0.164 e. The van der Waals surface area contributed by atoms with Crippen molar-refractivity contribution in [2.24, 2.45) is 0 Å². The monoisotopic (exact) mass is 281 g/mol. The first-order chi connectivity index (χ1) is 8.89. The van der Waals surface area contributed by atoms with Gasteiger partial charge in [0.25, 0.3) is 0 Å². The molecule has 0 aromatic heterocycles. The fraction of sp³-hybridized carbons (Fsp3) is 0.500. The lowest BCUT2D eigenvalue weighted by Crippen LogP contribution is -2.46. The SMILES string of the molecule is Cc1cccc(C(=O)CC2CS(=O)(=O)CCN2)c1C. The van der Waals surface area contributed by atoms with Crippen LogP contribution in [0.25, 0.3) is 0 Å². The van der Waals surface area contributed by atoms with Gasteiger partial charge in [-0.3, -0.25) is 4.79 Å². The Morgan fingerprint density at radius 1 is 1.37 bits per heavy atom. The molecule has 1 aliphatic heterocycles. The van der Waals surface area contributed by atoms with Crippen molar-refractivity contribution < 1.29 is 13.2 Å². The van der Waals surface area contributed by atoms with Gasteiger partial charge < -0.3 is 5.32 Å². The number of sulfone groups is 1. The molecular weight excluding hydrogens is 262 g/mol. The number of hydrogen-bond donors (Lipinski definition) is 1. The second kappa shape index (κ2) is 5.43. The van der Waals surface area contributed by atoms with Gasteiger partial charge in [0.15, 0.2) is 15.6 Å². The summed E-state index contributed by atoms with van der Waals surface area (Å²) in [5.41, 5.74) is 2.76. The Morgan fingerprint density at radius 2 is 2.11 bits per heavy atom. The largest absolute Gasteiger partial charge is 0.312 e. The van der Waals surface area contributed by atoms with Crippen molar-refractivity contribution in [2.75, 3.05) is 18.1 Å². The van der Waals surface area contributed by atoms with E-state index in [1.54, 1.807) is 0 Å². The van der Waals surface area contributed by atoms with Gasteiger partial charge in [-0.1, -0.05) is 18.2 Å². The third-order valence-electron chi connectivity index (χ3n) is 3.64. The zero-order valence-corrected chi connectivity index (χ0v) is 12.1. The Morgan fingerprint density at radius 3 is 2.79 bits per heavy atom. The maximum atomic E-state index is 12.3. The molecular formula is C14H19NO3S. The first-order valence-corrected chi connectivity index (χ1v) is 8.24. The van der Waals surface area contributed by atoms with Crippen molar-refractivity contribution in [3.63, 3.8) is 0 Å². The number of rotatable bonds is 3. The molecule has 1 aliphatic rings. The molecule has 4 nitrogen and oxygen atoms in total. The van der Waals surface area contributed by atoms with Crippen LogP contribution in [-0.2, 0) is 9.84 Å². The first-order valence-electron chi connectivity index (χ1n) is 6.42. The molecule has 5 heteroatoms. The summed E-state index contributed by atoms with van der Waals surface area (Å²) in [6.07, 6.45) is 0.240. The number of ketones is 1. The zero-order chi connectivity index (χ0) is 14.0. The molecule has 2 rings (SSSR count). The van der Waals surface area contributed by atoms with E-state index >= 15 is 0 Å². The minimum absolute atomic E-state index is 0.0100. The van der Waals surface area contributed by atoms with Crippen LogP contribution in [0.3, 0.4) is 0 Å². The molecule has 0 amide bonds. The lowest BCUT2D eigenvalue weighted by atomic mass is 9.97. The summed E-state index contributed by atoms with van der Waals surface area (Å²) in [6, 6.07) is 5.38. The second-order valence-electron chi connectivity index (χ2n) is 5.14. The third-order valence-corrected chi connectivity index (χ3v) is 5.37. The van der Waals surface area contributed by atoms with Gasteiger partial charge in [0.05, 0.1) is 11.5 Å². The van der Waals surface area contributed by atoms with E-state index in [1.807, 2.05) is 32.0 Å². The van der Waals surface area contributed by atoms with Crippen molar-refractivity contribution in [3.8, 4) is 0 Å². The van der Waals surface area contributed by atoms with Crippen LogP contribution in [0.5, 0.6) is 0 Å². The van der Waals surface area contributed by atoms with Crippen LogP contribution in [0.1, 0.15) is 27.9 Å². The molecule has 0 radical (unpaired) electrons. The number of benzene rings is 1. The predicted molar refractivity (Wildman–Crippen MR) is 75.3 cm³/mol. The lowest BCUT2D eigenvalue weighted by molar-refractivity contribution is 0.0971. The van der Waals surface area contributed by atoms with Gasteiger partial charge in [-0.2, -0.15) is 0 Å². The molecule has 0 aliphatic carbocycles. The summed E-state index contributed by atoms with van der Waals surface area (Å²) in [5, 5.41) is 3.11. The Labute approximate surface area is 114 Å². The highest BCUT2D eigenvalue weighted by molar-refractivity contribution is 7.91. The predicted octanol–water partition coefficient (Wildman–Crippen LogP) is 1.26. The summed E-state index contributed by atoms with van der Waals surface area (Å²) in [5.74, 6) is 0.237. The Kier molecular flexibility index (Phi) is 4.06. The molecule has 0 spiro atoms. The number of hydrogen-bond acceptors (Lipinski definition) is 4. The number of Topliss-reactive ketones (excluding diaryl/α,β-unsaturated/α-hetero) is 1. The van der Waals surface area contributed by atoms with E-state index in [2.05, 4.69) is 5.32 Å². The third kappa shape index (κ3) is 3.42. The topological polar surface area (TPSA) is 63.2 Å². The van der Waals surface area contributed by atoms with Gasteiger partial charge in [0.2, 0.25) is 0 Å². The Bertz CT molecular complexity index is 593. The van der Waals surface area contributed by atoms with Crippen LogP contribution >= 0.6 is 0 Å². The molecule has 1 saturated heterocycles. The van der Waals surface area contributed by atoms with Gasteiger partial charge >= 0.3 is 0 Å². The van der Waals surface area contributed by atoms with Crippen LogP contribution in [0.2, 0.25) is 0 Å². The van der Waals surface area contributed by atoms with Crippen LogP contribution in [0.4, 0.5) is 0 Å². The van der Waals surface area contributed by atoms with Crippen LogP contribution in [0, 0.1) is 13.8 Å². The van der Waals surface area contributed by atoms with Gasteiger partial charge in [-0.05, 0) is 25.0 Å². The summed E-state index contributed by atoms with van der Waals surface area (Å²) < 4.78 is 23.1. The van der Waals surface area contributed by atoms with E-state index in [1.165, 1.54) is 0 Å². The number of carbonyl (C=O) groups is 1. The van der Waals surface area contributed by atoms with Crippen LogP contribution in [0.15, 0.2) is 18.2 Å². The minimum atomic E-state index is -2.99. The Hall–Kier alpha value is -1.20. The van der Waals surface area contributed by atoms with Crippen molar-refractivity contribution in [2.45, 2.75) is 26.3 Å². The molecule has 1 heterocycles. The van der Waals surface area contributed by atoms with Crippen LogP contribution < -0.4 is 5.32 Å². The van der Waals surface area contributed by atoms with Crippen LogP contribution in [-0.4, -0.2) is 38.3 Å². The van der Waals surface area contributed by atoms with Crippen molar-refractivity contribution in [1.82, 2.24) is 5.32 Å². The summed E-state index contributed by atoms with van der Waals surface area (Å²) in [6.45, 7) is 4.33. The molecule has 104 valence electrons. The molecule has 0 saturated carbocycles. The molecule has 1 N–H and O–H groups in total. The second-order valence-corrected chi connectivity index (χ2v) is 7.37. The first kappa shape index (κ1) is 14.2. The van der Waals surface area contributed by atoms with Gasteiger partial charge in [0.1, 0.15) is 0 Å². The van der Waals surface area contributed by atoms with Crippen molar-refractivity contribution >= 4 is 15.6 Å². The standard InChI is InChI=1S/C14H19NO3S/c1-10-4-3-5-13(11(10)2)14(16)8-12-9-19(17,18)7-6-15-12/h3-5,12,15H,6-9H2,1-2H3. The van der Waals surface area contributed by atoms with Crippen molar-refractivity contribution in [3.05, 3.63) is 34.9 Å².